The molecule has 1 unspecified atom stereocenters. The molecule has 0 aliphatic rings. The molecule has 0 spiro atoms. The first-order chi connectivity index (χ1) is 5.07. The summed E-state index contributed by atoms with van der Waals surface area (Å²) in [6.07, 6.45) is 3.97. The second-order valence-corrected chi connectivity index (χ2v) is 3.84. The van der Waals surface area contributed by atoms with Crippen LogP contribution in [-0.4, -0.2) is 7.85 Å². The van der Waals surface area contributed by atoms with Gasteiger partial charge in [-0.1, -0.05) is 33.6 Å². The van der Waals surface area contributed by atoms with E-state index in [-0.39, 0.29) is 0 Å². The molecule has 0 N–H and O–H groups in total. The third-order valence-electron chi connectivity index (χ3n) is 2.63. The molecule has 0 saturated heterocycles. The van der Waals surface area contributed by atoms with E-state index < -0.39 is 0 Å². The van der Waals surface area contributed by atoms with Crippen molar-refractivity contribution in [3.63, 3.8) is 0 Å². The first-order valence-electron chi connectivity index (χ1n) is 4.73. The maximum Gasteiger partial charge on any atom is 0.133 e. The Morgan fingerprint density at radius 1 is 1.36 bits per heavy atom. The van der Waals surface area contributed by atoms with Crippen LogP contribution in [0.1, 0.15) is 40.0 Å². The van der Waals surface area contributed by atoms with E-state index in [4.69, 9.17) is 0 Å². The highest BCUT2D eigenvalue weighted by atomic mass is 14.1. The quantitative estimate of drug-likeness (QED) is 0.531. The molecule has 0 aliphatic carbocycles. The predicted molar refractivity (Wildman–Crippen MR) is 55.5 cm³/mol. The summed E-state index contributed by atoms with van der Waals surface area (Å²) in [5.41, 5.74) is 1.33. The minimum atomic E-state index is 0.712. The van der Waals surface area contributed by atoms with Gasteiger partial charge in [0.2, 0.25) is 0 Å². The van der Waals surface area contributed by atoms with Crippen LogP contribution < -0.4 is 0 Å². The van der Waals surface area contributed by atoms with Crippen molar-refractivity contribution in [3.8, 4) is 0 Å². The van der Waals surface area contributed by atoms with E-state index in [0.717, 1.165) is 5.92 Å². The SMILES string of the molecule is BC(=C)[C@@H](C)CCC(C)CC. The fourth-order valence-electron chi connectivity index (χ4n) is 0.985. The maximum absolute atomic E-state index is 3.96. The monoisotopic (exact) mass is 152 g/mol. The van der Waals surface area contributed by atoms with Crippen molar-refractivity contribution in [1.29, 1.82) is 0 Å². The van der Waals surface area contributed by atoms with Crippen LogP contribution in [0.5, 0.6) is 0 Å². The Labute approximate surface area is 72.5 Å². The van der Waals surface area contributed by atoms with E-state index in [9.17, 15) is 0 Å². The van der Waals surface area contributed by atoms with E-state index >= 15 is 0 Å². The van der Waals surface area contributed by atoms with Gasteiger partial charge >= 0.3 is 0 Å². The molecule has 0 amide bonds. The molecule has 1 heteroatoms. The van der Waals surface area contributed by atoms with Crippen molar-refractivity contribution in [2.24, 2.45) is 11.8 Å². The van der Waals surface area contributed by atoms with E-state index in [1.165, 1.54) is 24.7 Å². The minimum absolute atomic E-state index is 0.712. The fraction of sp³-hybridized carbons (Fsp3) is 0.800. The molecular formula is C10H21B. The summed E-state index contributed by atoms with van der Waals surface area (Å²) in [4.78, 5) is 0. The Bertz CT molecular complexity index is 118. The second kappa shape index (κ2) is 5.45. The second-order valence-electron chi connectivity index (χ2n) is 3.84. The van der Waals surface area contributed by atoms with Crippen molar-refractivity contribution in [3.05, 3.63) is 12.1 Å². The average molecular weight is 152 g/mol. The number of rotatable bonds is 5. The van der Waals surface area contributed by atoms with Gasteiger partial charge in [-0.15, -0.1) is 12.1 Å². The molecule has 0 aromatic heterocycles. The molecule has 0 rings (SSSR count). The lowest BCUT2D eigenvalue weighted by atomic mass is 9.82. The van der Waals surface area contributed by atoms with Gasteiger partial charge in [0.1, 0.15) is 7.85 Å². The van der Waals surface area contributed by atoms with Crippen LogP contribution in [0.15, 0.2) is 12.1 Å². The zero-order chi connectivity index (χ0) is 8.85. The van der Waals surface area contributed by atoms with E-state index in [1.807, 2.05) is 0 Å². The van der Waals surface area contributed by atoms with Crippen molar-refractivity contribution < 1.29 is 0 Å². The number of hydrogen-bond acceptors (Lipinski definition) is 0. The van der Waals surface area contributed by atoms with Crippen LogP contribution in [0.3, 0.4) is 0 Å². The van der Waals surface area contributed by atoms with Crippen LogP contribution in [0, 0.1) is 11.8 Å². The highest BCUT2D eigenvalue weighted by molar-refractivity contribution is 6.21. The highest BCUT2D eigenvalue weighted by Gasteiger charge is 2.04. The number of allylic oxidation sites excluding steroid dienone is 1. The molecular weight excluding hydrogens is 131 g/mol. The molecule has 0 aliphatic heterocycles. The zero-order valence-corrected chi connectivity index (χ0v) is 8.48. The number of hydrogen-bond donors (Lipinski definition) is 0. The van der Waals surface area contributed by atoms with Crippen LogP contribution in [0.25, 0.3) is 0 Å². The van der Waals surface area contributed by atoms with Crippen molar-refractivity contribution >= 4 is 7.85 Å². The maximum atomic E-state index is 3.96. The lowest BCUT2D eigenvalue weighted by molar-refractivity contribution is 0.457. The average Bonchev–Trinajstić information content (AvgIpc) is 1.99. The van der Waals surface area contributed by atoms with Gasteiger partial charge < -0.3 is 0 Å². The van der Waals surface area contributed by atoms with Gasteiger partial charge in [-0.3, -0.25) is 0 Å². The Kier molecular flexibility index (Phi) is 5.36. The Hall–Kier alpha value is -0.195. The van der Waals surface area contributed by atoms with E-state index in [2.05, 4.69) is 35.2 Å². The summed E-state index contributed by atoms with van der Waals surface area (Å²) >= 11 is 0. The Morgan fingerprint density at radius 2 is 1.91 bits per heavy atom. The summed E-state index contributed by atoms with van der Waals surface area (Å²) in [6, 6.07) is 0. The Morgan fingerprint density at radius 3 is 2.27 bits per heavy atom. The van der Waals surface area contributed by atoms with E-state index in [1.54, 1.807) is 0 Å². The van der Waals surface area contributed by atoms with Crippen molar-refractivity contribution in [2.75, 3.05) is 0 Å². The normalized spacial score (nSPS) is 15.9. The van der Waals surface area contributed by atoms with Gasteiger partial charge in [0.05, 0.1) is 0 Å². The fourth-order valence-corrected chi connectivity index (χ4v) is 0.985. The minimum Gasteiger partial charge on any atom is -0.114 e. The van der Waals surface area contributed by atoms with Gasteiger partial charge in [0.15, 0.2) is 0 Å². The zero-order valence-electron chi connectivity index (χ0n) is 8.48. The van der Waals surface area contributed by atoms with Crippen LogP contribution >= 0.6 is 0 Å². The van der Waals surface area contributed by atoms with Crippen LogP contribution in [0.4, 0.5) is 0 Å². The standard InChI is InChI=1S/C10H21B/c1-5-8(2)6-7-9(3)10(4)11/h8-9H,4-7,11H2,1-3H3/t8?,9-/m0/s1. The Balaban J connectivity index is 3.45. The summed E-state index contributed by atoms with van der Waals surface area (Å²) in [5.74, 6) is 1.60. The molecule has 0 saturated carbocycles. The molecule has 0 aromatic carbocycles. The molecule has 0 fully saturated rings. The first-order valence-corrected chi connectivity index (χ1v) is 4.73. The molecule has 0 heterocycles. The van der Waals surface area contributed by atoms with Crippen molar-refractivity contribution in [2.45, 2.75) is 40.0 Å². The lowest BCUT2D eigenvalue weighted by Gasteiger charge is -2.13. The van der Waals surface area contributed by atoms with Gasteiger partial charge in [0.25, 0.3) is 0 Å². The van der Waals surface area contributed by atoms with E-state index in [0.29, 0.717) is 5.92 Å². The third kappa shape index (κ3) is 5.12. The molecule has 0 bridgehead atoms. The topological polar surface area (TPSA) is 0 Å². The van der Waals surface area contributed by atoms with Crippen LogP contribution in [0.2, 0.25) is 0 Å². The first kappa shape index (κ1) is 10.8. The summed E-state index contributed by atoms with van der Waals surface area (Å²) in [5, 5.41) is 0. The molecule has 0 nitrogen and oxygen atoms in total. The van der Waals surface area contributed by atoms with Gasteiger partial charge in [-0.25, -0.2) is 0 Å². The summed E-state index contributed by atoms with van der Waals surface area (Å²) < 4.78 is 0. The largest absolute Gasteiger partial charge is 0.133 e. The highest BCUT2D eigenvalue weighted by Crippen LogP contribution is 2.17. The lowest BCUT2D eigenvalue weighted by Crippen LogP contribution is -2.01. The molecule has 11 heavy (non-hydrogen) atoms. The van der Waals surface area contributed by atoms with Gasteiger partial charge in [0, 0.05) is 0 Å². The molecule has 0 radical (unpaired) electrons. The summed E-state index contributed by atoms with van der Waals surface area (Å²) in [6.45, 7) is 10.8. The summed E-state index contributed by atoms with van der Waals surface area (Å²) in [7, 11) is 2.13. The predicted octanol–water partition coefficient (Wildman–Crippen LogP) is 2.60. The van der Waals surface area contributed by atoms with Crippen molar-refractivity contribution in [1.82, 2.24) is 0 Å². The third-order valence-corrected chi connectivity index (χ3v) is 2.63. The van der Waals surface area contributed by atoms with Crippen LogP contribution in [-0.2, 0) is 0 Å². The van der Waals surface area contributed by atoms with Gasteiger partial charge in [-0.05, 0) is 18.3 Å². The molecule has 64 valence electrons. The molecule has 2 atom stereocenters. The van der Waals surface area contributed by atoms with Gasteiger partial charge in [-0.2, -0.15) is 0 Å². The smallest absolute Gasteiger partial charge is 0.114 e. The molecule has 0 aromatic rings.